The molecular weight excluding hydrogens is 248 g/mol. The number of halogens is 1. The molecule has 0 bridgehead atoms. The van der Waals surface area contributed by atoms with Gasteiger partial charge in [0.25, 0.3) is 0 Å². The molecule has 0 saturated heterocycles. The van der Waals surface area contributed by atoms with Crippen LogP contribution in [0.3, 0.4) is 0 Å². The van der Waals surface area contributed by atoms with E-state index in [0.717, 1.165) is 31.0 Å². The van der Waals surface area contributed by atoms with E-state index in [0.29, 0.717) is 17.0 Å². The van der Waals surface area contributed by atoms with Crippen LogP contribution in [0.25, 0.3) is 0 Å². The molecule has 1 N–H and O–H groups in total. The fourth-order valence-electron chi connectivity index (χ4n) is 1.82. The van der Waals surface area contributed by atoms with Gasteiger partial charge in [0.2, 0.25) is 0 Å². The van der Waals surface area contributed by atoms with E-state index < -0.39 is 0 Å². The summed E-state index contributed by atoms with van der Waals surface area (Å²) in [6, 6.07) is 0.291. The predicted octanol–water partition coefficient (Wildman–Crippen LogP) is 2.89. The standard InChI is InChI=1S/C13H23ClN4/c1-6-18(7-2)8-9(3)15-13-12(14)16-10(4)11(5)17-13/h9H,6-8H2,1-5H3,(H,15,17). The summed E-state index contributed by atoms with van der Waals surface area (Å²) in [5.41, 5.74) is 1.79. The Balaban J connectivity index is 2.69. The lowest BCUT2D eigenvalue weighted by Gasteiger charge is -2.24. The molecule has 5 heteroatoms. The van der Waals surface area contributed by atoms with E-state index in [1.807, 2.05) is 13.8 Å². The molecular formula is C13H23ClN4. The molecule has 0 aliphatic carbocycles. The van der Waals surface area contributed by atoms with Crippen LogP contribution in [0.15, 0.2) is 0 Å². The zero-order chi connectivity index (χ0) is 13.7. The van der Waals surface area contributed by atoms with Gasteiger partial charge in [-0.05, 0) is 33.9 Å². The lowest BCUT2D eigenvalue weighted by atomic mass is 10.3. The van der Waals surface area contributed by atoms with Crippen molar-refractivity contribution in [3.05, 3.63) is 16.5 Å². The predicted molar refractivity (Wildman–Crippen MR) is 77.4 cm³/mol. The first-order chi connectivity index (χ1) is 8.47. The van der Waals surface area contributed by atoms with E-state index in [1.54, 1.807) is 0 Å². The maximum absolute atomic E-state index is 6.10. The average molecular weight is 271 g/mol. The van der Waals surface area contributed by atoms with Gasteiger partial charge in [-0.2, -0.15) is 0 Å². The number of hydrogen-bond acceptors (Lipinski definition) is 4. The quantitative estimate of drug-likeness (QED) is 0.863. The van der Waals surface area contributed by atoms with Gasteiger partial charge in [0.05, 0.1) is 11.4 Å². The molecule has 0 aliphatic heterocycles. The van der Waals surface area contributed by atoms with Gasteiger partial charge in [-0.3, -0.25) is 0 Å². The van der Waals surface area contributed by atoms with Crippen molar-refractivity contribution in [1.82, 2.24) is 14.9 Å². The van der Waals surface area contributed by atoms with Crippen molar-refractivity contribution in [2.45, 2.75) is 40.7 Å². The Morgan fingerprint density at radius 1 is 1.17 bits per heavy atom. The van der Waals surface area contributed by atoms with Crippen LogP contribution < -0.4 is 5.32 Å². The maximum Gasteiger partial charge on any atom is 0.171 e. The van der Waals surface area contributed by atoms with E-state index >= 15 is 0 Å². The molecule has 1 aromatic rings. The highest BCUT2D eigenvalue weighted by atomic mass is 35.5. The van der Waals surface area contributed by atoms with Gasteiger partial charge < -0.3 is 10.2 Å². The molecule has 0 aromatic carbocycles. The van der Waals surface area contributed by atoms with E-state index in [4.69, 9.17) is 11.6 Å². The topological polar surface area (TPSA) is 41.0 Å². The second-order valence-corrected chi connectivity index (χ2v) is 4.92. The van der Waals surface area contributed by atoms with Crippen LogP contribution >= 0.6 is 11.6 Å². The zero-order valence-electron chi connectivity index (χ0n) is 11.9. The first-order valence-electron chi connectivity index (χ1n) is 6.47. The number of nitrogens with one attached hydrogen (secondary N) is 1. The molecule has 4 nitrogen and oxygen atoms in total. The van der Waals surface area contributed by atoms with Crippen LogP contribution in [-0.4, -0.2) is 40.5 Å². The lowest BCUT2D eigenvalue weighted by molar-refractivity contribution is 0.294. The normalized spacial score (nSPS) is 12.8. The number of anilines is 1. The van der Waals surface area contributed by atoms with Gasteiger partial charge in [0.1, 0.15) is 0 Å². The highest BCUT2D eigenvalue weighted by molar-refractivity contribution is 6.31. The van der Waals surface area contributed by atoms with Gasteiger partial charge in [-0.1, -0.05) is 25.4 Å². The Hall–Kier alpha value is -0.870. The highest BCUT2D eigenvalue weighted by Gasteiger charge is 2.12. The van der Waals surface area contributed by atoms with Crippen molar-refractivity contribution >= 4 is 17.4 Å². The lowest BCUT2D eigenvalue weighted by Crippen LogP contribution is -2.35. The monoisotopic (exact) mass is 270 g/mol. The highest BCUT2D eigenvalue weighted by Crippen LogP contribution is 2.19. The molecule has 18 heavy (non-hydrogen) atoms. The molecule has 0 fully saturated rings. The van der Waals surface area contributed by atoms with Gasteiger partial charge in [0, 0.05) is 12.6 Å². The Kier molecular flexibility index (Phi) is 5.82. The average Bonchev–Trinajstić information content (AvgIpc) is 2.33. The van der Waals surface area contributed by atoms with E-state index in [2.05, 4.69) is 41.0 Å². The summed E-state index contributed by atoms with van der Waals surface area (Å²) in [5, 5.41) is 3.78. The fraction of sp³-hybridized carbons (Fsp3) is 0.692. The molecule has 1 atom stereocenters. The van der Waals surface area contributed by atoms with Crippen molar-refractivity contribution in [2.24, 2.45) is 0 Å². The molecule has 1 unspecified atom stereocenters. The third-order valence-corrected chi connectivity index (χ3v) is 3.34. The molecule has 0 spiro atoms. The van der Waals surface area contributed by atoms with Crippen LogP contribution in [0.1, 0.15) is 32.2 Å². The molecule has 1 heterocycles. The van der Waals surface area contributed by atoms with E-state index in [9.17, 15) is 0 Å². The Morgan fingerprint density at radius 2 is 1.72 bits per heavy atom. The van der Waals surface area contributed by atoms with Gasteiger partial charge in [-0.15, -0.1) is 0 Å². The third kappa shape index (κ3) is 4.10. The van der Waals surface area contributed by atoms with Crippen LogP contribution in [0.2, 0.25) is 5.15 Å². The SMILES string of the molecule is CCN(CC)CC(C)Nc1nc(C)c(C)nc1Cl. The summed E-state index contributed by atoms with van der Waals surface area (Å²) in [6.07, 6.45) is 0. The van der Waals surface area contributed by atoms with Crippen LogP contribution in [0.5, 0.6) is 0 Å². The van der Waals surface area contributed by atoms with E-state index in [1.165, 1.54) is 0 Å². The van der Waals surface area contributed by atoms with Gasteiger partial charge in [-0.25, -0.2) is 9.97 Å². The minimum Gasteiger partial charge on any atom is -0.364 e. The molecule has 1 rings (SSSR count). The van der Waals surface area contributed by atoms with Crippen LogP contribution in [-0.2, 0) is 0 Å². The zero-order valence-corrected chi connectivity index (χ0v) is 12.7. The van der Waals surface area contributed by atoms with Crippen molar-refractivity contribution in [3.8, 4) is 0 Å². The van der Waals surface area contributed by atoms with Gasteiger partial charge >= 0.3 is 0 Å². The van der Waals surface area contributed by atoms with Crippen LogP contribution in [0, 0.1) is 13.8 Å². The number of rotatable bonds is 6. The molecule has 1 aromatic heterocycles. The first-order valence-corrected chi connectivity index (χ1v) is 6.85. The Bertz CT molecular complexity index is 391. The number of aromatic nitrogens is 2. The Labute approximate surface area is 115 Å². The summed E-state index contributed by atoms with van der Waals surface area (Å²) in [6.45, 7) is 13.4. The van der Waals surface area contributed by atoms with Crippen molar-refractivity contribution in [3.63, 3.8) is 0 Å². The number of aryl methyl sites for hydroxylation is 2. The first kappa shape index (κ1) is 15.2. The molecule has 0 saturated carbocycles. The summed E-state index contributed by atoms with van der Waals surface area (Å²) < 4.78 is 0. The molecule has 0 radical (unpaired) electrons. The largest absolute Gasteiger partial charge is 0.364 e. The summed E-state index contributed by atoms with van der Waals surface area (Å²) in [7, 11) is 0. The fourth-order valence-corrected chi connectivity index (χ4v) is 2.04. The minimum atomic E-state index is 0.291. The number of likely N-dealkylation sites (N-methyl/N-ethyl adjacent to an activating group) is 1. The molecule has 0 amide bonds. The second kappa shape index (κ2) is 6.90. The molecule has 102 valence electrons. The summed E-state index contributed by atoms with van der Waals surface area (Å²) in [4.78, 5) is 11.1. The number of hydrogen-bond donors (Lipinski definition) is 1. The second-order valence-electron chi connectivity index (χ2n) is 4.57. The van der Waals surface area contributed by atoms with Crippen molar-refractivity contribution in [1.29, 1.82) is 0 Å². The van der Waals surface area contributed by atoms with Gasteiger partial charge in [0.15, 0.2) is 11.0 Å². The van der Waals surface area contributed by atoms with Crippen molar-refractivity contribution < 1.29 is 0 Å². The maximum atomic E-state index is 6.10. The Morgan fingerprint density at radius 3 is 2.28 bits per heavy atom. The molecule has 0 aliphatic rings. The minimum absolute atomic E-state index is 0.291. The number of nitrogens with zero attached hydrogens (tertiary/aromatic N) is 3. The van der Waals surface area contributed by atoms with Crippen molar-refractivity contribution in [2.75, 3.05) is 25.0 Å². The third-order valence-electron chi connectivity index (χ3n) is 3.07. The van der Waals surface area contributed by atoms with Crippen LogP contribution in [0.4, 0.5) is 5.82 Å². The summed E-state index contributed by atoms with van der Waals surface area (Å²) in [5.74, 6) is 0.680. The van der Waals surface area contributed by atoms with E-state index in [-0.39, 0.29) is 0 Å². The smallest absolute Gasteiger partial charge is 0.171 e. The summed E-state index contributed by atoms with van der Waals surface area (Å²) >= 11 is 6.10.